The van der Waals surface area contributed by atoms with Crippen LogP contribution in [0.4, 0.5) is 8.78 Å². The van der Waals surface area contributed by atoms with Gasteiger partial charge in [-0.25, -0.2) is 13.8 Å². The summed E-state index contributed by atoms with van der Waals surface area (Å²) in [5, 5.41) is 1.53. The molecule has 0 aliphatic carbocycles. The van der Waals surface area contributed by atoms with E-state index in [1.165, 1.54) is 6.07 Å². The Hall–Kier alpha value is -3.35. The average molecular weight is 468 g/mol. The van der Waals surface area contributed by atoms with Crippen molar-refractivity contribution in [3.05, 3.63) is 93.6 Å². The number of benzene rings is 3. The van der Waals surface area contributed by atoms with Crippen molar-refractivity contribution in [2.45, 2.75) is 6.42 Å². The maximum Gasteiger partial charge on any atom is 0.187 e. The molecular formula is C24H13Cl2F2N3O. The predicted octanol–water partition coefficient (Wildman–Crippen LogP) is 6.79. The Kier molecular flexibility index (Phi) is 5.12. The van der Waals surface area contributed by atoms with Crippen LogP contribution in [0.5, 0.6) is 0 Å². The molecule has 32 heavy (non-hydrogen) atoms. The number of hydrogen-bond donors (Lipinski definition) is 1. The largest absolute Gasteiger partial charge is 0.338 e. The lowest BCUT2D eigenvalue weighted by molar-refractivity contribution is 0.0987. The molecule has 3 aromatic carbocycles. The van der Waals surface area contributed by atoms with E-state index in [4.69, 9.17) is 23.2 Å². The Morgan fingerprint density at radius 2 is 1.66 bits per heavy atom. The van der Waals surface area contributed by atoms with E-state index in [0.29, 0.717) is 21.3 Å². The minimum Gasteiger partial charge on any atom is -0.338 e. The summed E-state index contributed by atoms with van der Waals surface area (Å²) in [6.07, 6.45) is -0.177. The summed E-state index contributed by atoms with van der Waals surface area (Å²) in [6.45, 7) is 0. The maximum absolute atomic E-state index is 14.8. The fourth-order valence-electron chi connectivity index (χ4n) is 3.60. The molecule has 0 spiro atoms. The lowest BCUT2D eigenvalue weighted by atomic mass is 10.0. The molecule has 0 radical (unpaired) electrons. The number of fused-ring (bicyclic) bond motifs is 2. The second-order valence-electron chi connectivity index (χ2n) is 7.23. The molecule has 8 heteroatoms. The third-order valence-electron chi connectivity index (χ3n) is 5.16. The lowest BCUT2D eigenvalue weighted by Crippen LogP contribution is -2.09. The molecule has 0 unspecified atom stereocenters. The van der Waals surface area contributed by atoms with Gasteiger partial charge in [0.2, 0.25) is 0 Å². The summed E-state index contributed by atoms with van der Waals surface area (Å²) in [4.78, 5) is 24.3. The van der Waals surface area contributed by atoms with Crippen molar-refractivity contribution < 1.29 is 13.6 Å². The number of nitrogens with one attached hydrogen (secondary N) is 1. The predicted molar refractivity (Wildman–Crippen MR) is 121 cm³/mol. The number of aromatic nitrogens is 3. The highest BCUT2D eigenvalue weighted by molar-refractivity contribution is 6.39. The number of hydrogen-bond acceptors (Lipinski definition) is 3. The van der Waals surface area contributed by atoms with Gasteiger partial charge in [0, 0.05) is 11.1 Å². The monoisotopic (exact) mass is 467 g/mol. The van der Waals surface area contributed by atoms with Gasteiger partial charge in [0.1, 0.15) is 11.3 Å². The van der Waals surface area contributed by atoms with Crippen molar-refractivity contribution in [3.8, 4) is 11.4 Å². The number of halogens is 4. The van der Waals surface area contributed by atoms with Crippen LogP contribution in [-0.4, -0.2) is 20.7 Å². The van der Waals surface area contributed by atoms with Gasteiger partial charge in [0.15, 0.2) is 17.4 Å². The van der Waals surface area contributed by atoms with E-state index >= 15 is 0 Å². The molecule has 2 heterocycles. The van der Waals surface area contributed by atoms with E-state index in [2.05, 4.69) is 15.0 Å². The van der Waals surface area contributed by atoms with Crippen molar-refractivity contribution in [2.24, 2.45) is 0 Å². The van der Waals surface area contributed by atoms with Crippen LogP contribution in [0.2, 0.25) is 10.0 Å². The Labute approximate surface area is 190 Å². The number of imidazole rings is 1. The number of carbonyl (C=O) groups excluding carboxylic acids is 1. The molecule has 158 valence electrons. The number of nitrogens with zero attached hydrogens (tertiary/aromatic N) is 2. The SMILES string of the molecule is O=C(Cc1ccc2ccccc2n1)c1cc2[nH]c(-c3c(Cl)cccc3Cl)nc2c(F)c1F. The normalized spacial score (nSPS) is 11.4. The molecular weight excluding hydrogens is 455 g/mol. The lowest BCUT2D eigenvalue weighted by Gasteiger charge is -2.05. The van der Waals surface area contributed by atoms with E-state index in [0.717, 1.165) is 10.9 Å². The summed E-state index contributed by atoms with van der Waals surface area (Å²) >= 11 is 12.4. The zero-order valence-electron chi connectivity index (χ0n) is 16.3. The van der Waals surface area contributed by atoms with Crippen molar-refractivity contribution in [3.63, 3.8) is 0 Å². The minimum absolute atomic E-state index is 0.157. The smallest absolute Gasteiger partial charge is 0.187 e. The second-order valence-corrected chi connectivity index (χ2v) is 8.04. The molecule has 0 atom stereocenters. The summed E-state index contributed by atoms with van der Waals surface area (Å²) in [5.41, 5.74) is 1.07. The van der Waals surface area contributed by atoms with Crippen molar-refractivity contribution in [2.75, 3.05) is 0 Å². The fourth-order valence-corrected chi connectivity index (χ4v) is 4.18. The molecule has 0 bridgehead atoms. The van der Waals surface area contributed by atoms with Crippen LogP contribution in [-0.2, 0) is 6.42 Å². The molecule has 1 N–H and O–H groups in total. The molecule has 0 saturated carbocycles. The molecule has 0 aliphatic rings. The topological polar surface area (TPSA) is 58.6 Å². The Morgan fingerprint density at radius 1 is 0.906 bits per heavy atom. The van der Waals surface area contributed by atoms with Crippen molar-refractivity contribution >= 4 is 50.9 Å². The van der Waals surface area contributed by atoms with Crippen molar-refractivity contribution in [1.82, 2.24) is 15.0 Å². The first kappa shape index (κ1) is 20.5. The molecule has 0 fully saturated rings. The van der Waals surface area contributed by atoms with Gasteiger partial charge < -0.3 is 4.98 Å². The fraction of sp³-hybridized carbons (Fsp3) is 0.0417. The summed E-state index contributed by atoms with van der Waals surface area (Å²) < 4.78 is 29.6. The number of H-pyrrole nitrogens is 1. The van der Waals surface area contributed by atoms with E-state index in [1.54, 1.807) is 24.3 Å². The first-order chi connectivity index (χ1) is 15.4. The first-order valence-electron chi connectivity index (χ1n) is 9.62. The summed E-state index contributed by atoms with van der Waals surface area (Å²) in [5.74, 6) is -2.90. The van der Waals surface area contributed by atoms with Crippen LogP contribution < -0.4 is 0 Å². The number of ketones is 1. The molecule has 0 amide bonds. The van der Waals surface area contributed by atoms with Crippen LogP contribution in [0.1, 0.15) is 16.1 Å². The van der Waals surface area contributed by atoms with Gasteiger partial charge in [-0.3, -0.25) is 9.78 Å². The number of carbonyl (C=O) groups is 1. The quantitative estimate of drug-likeness (QED) is 0.296. The van der Waals surface area contributed by atoms with Gasteiger partial charge in [0.25, 0.3) is 0 Å². The first-order valence-corrected chi connectivity index (χ1v) is 10.4. The Balaban J connectivity index is 1.55. The van der Waals surface area contributed by atoms with Crippen LogP contribution in [0.15, 0.2) is 60.7 Å². The molecule has 2 aromatic heterocycles. The zero-order chi connectivity index (χ0) is 22.4. The molecule has 0 saturated heterocycles. The van der Waals surface area contributed by atoms with Crippen LogP contribution >= 0.6 is 23.2 Å². The third kappa shape index (κ3) is 3.51. The molecule has 0 aliphatic heterocycles. The van der Waals surface area contributed by atoms with Gasteiger partial charge >= 0.3 is 0 Å². The standard InChI is InChI=1S/C24H13Cl2F2N3O/c25-15-5-3-6-16(26)20(15)24-30-18-11-14(21(27)22(28)23(18)31-24)19(32)10-13-9-8-12-4-1-2-7-17(12)29-13/h1-9,11H,10H2,(H,30,31). The van der Waals surface area contributed by atoms with E-state index < -0.39 is 17.4 Å². The number of pyridine rings is 1. The molecule has 5 rings (SSSR count). The number of Topliss-reactive ketones (excluding diaryl/α,β-unsaturated/α-hetero) is 1. The number of para-hydroxylation sites is 1. The zero-order valence-corrected chi connectivity index (χ0v) is 17.8. The van der Waals surface area contributed by atoms with Gasteiger partial charge in [-0.1, -0.05) is 53.5 Å². The van der Waals surface area contributed by atoms with Crippen LogP contribution in [0.25, 0.3) is 33.3 Å². The highest BCUT2D eigenvalue weighted by Gasteiger charge is 2.23. The van der Waals surface area contributed by atoms with E-state index in [1.807, 2.05) is 30.3 Å². The van der Waals surface area contributed by atoms with E-state index in [9.17, 15) is 13.6 Å². The Morgan fingerprint density at radius 3 is 2.44 bits per heavy atom. The second kappa shape index (κ2) is 7.97. The molecule has 4 nitrogen and oxygen atoms in total. The Bertz CT molecular complexity index is 1510. The average Bonchev–Trinajstić information content (AvgIpc) is 3.20. The summed E-state index contributed by atoms with van der Waals surface area (Å²) in [7, 11) is 0. The summed E-state index contributed by atoms with van der Waals surface area (Å²) in [6, 6.07) is 17.1. The number of rotatable bonds is 4. The number of aromatic amines is 1. The van der Waals surface area contributed by atoms with Gasteiger partial charge in [-0.2, -0.15) is 0 Å². The highest BCUT2D eigenvalue weighted by atomic mass is 35.5. The van der Waals surface area contributed by atoms with Crippen molar-refractivity contribution in [1.29, 1.82) is 0 Å². The molecule has 5 aromatic rings. The van der Waals surface area contributed by atoms with Crippen LogP contribution in [0, 0.1) is 11.6 Å². The third-order valence-corrected chi connectivity index (χ3v) is 5.79. The van der Waals surface area contributed by atoms with Crippen LogP contribution in [0.3, 0.4) is 0 Å². The maximum atomic E-state index is 14.8. The highest BCUT2D eigenvalue weighted by Crippen LogP contribution is 2.35. The van der Waals surface area contributed by atoms with Gasteiger partial charge in [-0.05, 0) is 30.3 Å². The van der Waals surface area contributed by atoms with Gasteiger partial charge in [0.05, 0.1) is 38.6 Å². The van der Waals surface area contributed by atoms with Gasteiger partial charge in [-0.15, -0.1) is 0 Å². The van der Waals surface area contributed by atoms with E-state index in [-0.39, 0.29) is 28.8 Å². The minimum atomic E-state index is -1.26.